The van der Waals surface area contributed by atoms with Crippen molar-refractivity contribution >= 4 is 5.91 Å². The summed E-state index contributed by atoms with van der Waals surface area (Å²) in [5, 5.41) is 13.3. The molecule has 136 valence electrons. The number of carbonyl (C=O) groups is 1. The molecule has 2 N–H and O–H groups in total. The first-order valence-electron chi connectivity index (χ1n) is 8.22. The smallest absolute Gasteiger partial charge is 0.270 e. The maximum atomic E-state index is 12.2. The number of aromatic amines is 1. The standard InChI is InChI=1S/C18H21N5O3/c1-18(2,3)25-11-15-6-14(23-26-15)10-20-17(24)16-5-4-12(7-19-16)13-8-21-22-9-13/h4-9H,10-11H2,1-3H3,(H,20,24)(H,21,22). The molecule has 0 atom stereocenters. The van der Waals surface area contributed by atoms with Crippen LogP contribution in [0.5, 0.6) is 0 Å². The second-order valence-electron chi connectivity index (χ2n) is 6.79. The maximum Gasteiger partial charge on any atom is 0.270 e. The van der Waals surface area contributed by atoms with Crippen LogP contribution in [0.1, 0.15) is 42.7 Å². The molecule has 0 spiro atoms. The number of ether oxygens (including phenoxy) is 1. The Morgan fingerprint density at radius 2 is 2.12 bits per heavy atom. The number of hydrogen-bond donors (Lipinski definition) is 2. The lowest BCUT2D eigenvalue weighted by molar-refractivity contribution is -0.0241. The topological polar surface area (TPSA) is 106 Å². The monoisotopic (exact) mass is 355 g/mol. The van der Waals surface area contributed by atoms with Gasteiger partial charge in [-0.05, 0) is 26.8 Å². The molecule has 0 bridgehead atoms. The van der Waals surface area contributed by atoms with Crippen LogP contribution in [-0.4, -0.2) is 31.8 Å². The fourth-order valence-electron chi connectivity index (χ4n) is 2.16. The first-order chi connectivity index (χ1) is 12.4. The highest BCUT2D eigenvalue weighted by atomic mass is 16.5. The Morgan fingerprint density at radius 3 is 2.77 bits per heavy atom. The molecule has 3 heterocycles. The van der Waals surface area contributed by atoms with Crippen molar-refractivity contribution in [3.63, 3.8) is 0 Å². The summed E-state index contributed by atoms with van der Waals surface area (Å²) in [4.78, 5) is 16.4. The Kier molecular flexibility index (Phi) is 5.13. The molecule has 8 heteroatoms. The molecule has 1 amide bonds. The van der Waals surface area contributed by atoms with Crippen LogP contribution in [0.2, 0.25) is 0 Å². The van der Waals surface area contributed by atoms with Crippen LogP contribution in [0.4, 0.5) is 0 Å². The van der Waals surface area contributed by atoms with Crippen molar-refractivity contribution in [3.05, 3.63) is 53.9 Å². The van der Waals surface area contributed by atoms with E-state index >= 15 is 0 Å². The lowest BCUT2D eigenvalue weighted by atomic mass is 10.1. The highest BCUT2D eigenvalue weighted by molar-refractivity contribution is 5.92. The second kappa shape index (κ2) is 7.49. The third kappa shape index (κ3) is 4.76. The van der Waals surface area contributed by atoms with Gasteiger partial charge in [0.25, 0.3) is 5.91 Å². The minimum Gasteiger partial charge on any atom is -0.368 e. The molecule has 0 saturated heterocycles. The fraction of sp³-hybridized carbons (Fsp3) is 0.333. The molecule has 3 rings (SSSR count). The second-order valence-corrected chi connectivity index (χ2v) is 6.79. The fourth-order valence-corrected chi connectivity index (χ4v) is 2.16. The van der Waals surface area contributed by atoms with Crippen LogP contribution in [0.15, 0.2) is 41.3 Å². The van der Waals surface area contributed by atoms with E-state index in [9.17, 15) is 4.79 Å². The summed E-state index contributed by atoms with van der Waals surface area (Å²) in [6, 6.07) is 5.26. The Balaban J connectivity index is 1.53. The predicted molar refractivity (Wildman–Crippen MR) is 94.0 cm³/mol. The van der Waals surface area contributed by atoms with Gasteiger partial charge < -0.3 is 14.6 Å². The van der Waals surface area contributed by atoms with E-state index in [2.05, 4.69) is 25.7 Å². The number of rotatable bonds is 6. The summed E-state index contributed by atoms with van der Waals surface area (Å²) in [5.41, 5.74) is 2.50. The van der Waals surface area contributed by atoms with Crippen LogP contribution < -0.4 is 5.32 Å². The minimum atomic E-state index is -0.278. The average molecular weight is 355 g/mol. The van der Waals surface area contributed by atoms with Crippen LogP contribution >= 0.6 is 0 Å². The Hall–Kier alpha value is -3.00. The molecular weight excluding hydrogens is 334 g/mol. The molecule has 3 aromatic heterocycles. The molecule has 0 unspecified atom stereocenters. The predicted octanol–water partition coefficient (Wildman–Crippen LogP) is 2.70. The van der Waals surface area contributed by atoms with E-state index in [0.717, 1.165) is 11.1 Å². The summed E-state index contributed by atoms with van der Waals surface area (Å²) in [7, 11) is 0. The number of pyridine rings is 1. The van der Waals surface area contributed by atoms with E-state index in [1.165, 1.54) is 0 Å². The number of carbonyl (C=O) groups excluding carboxylic acids is 1. The number of nitrogens with zero attached hydrogens (tertiary/aromatic N) is 3. The van der Waals surface area contributed by atoms with Gasteiger partial charge >= 0.3 is 0 Å². The summed E-state index contributed by atoms with van der Waals surface area (Å²) in [6.45, 7) is 6.49. The van der Waals surface area contributed by atoms with Gasteiger partial charge in [-0.1, -0.05) is 11.2 Å². The van der Waals surface area contributed by atoms with E-state index in [0.29, 0.717) is 23.8 Å². The molecule has 26 heavy (non-hydrogen) atoms. The zero-order valence-corrected chi connectivity index (χ0v) is 14.9. The van der Waals surface area contributed by atoms with E-state index < -0.39 is 0 Å². The quantitative estimate of drug-likeness (QED) is 0.704. The van der Waals surface area contributed by atoms with E-state index in [-0.39, 0.29) is 18.1 Å². The van der Waals surface area contributed by atoms with Crippen molar-refractivity contribution in [3.8, 4) is 11.1 Å². The molecular formula is C18H21N5O3. The number of amides is 1. The largest absolute Gasteiger partial charge is 0.368 e. The SMILES string of the molecule is CC(C)(C)OCc1cc(CNC(=O)c2ccc(-c3cn[nH]c3)cn2)no1. The zero-order valence-electron chi connectivity index (χ0n) is 14.9. The van der Waals surface area contributed by atoms with Gasteiger partial charge in [-0.3, -0.25) is 14.9 Å². The summed E-state index contributed by atoms with van der Waals surface area (Å²) in [5.74, 6) is 0.339. The Morgan fingerprint density at radius 1 is 1.27 bits per heavy atom. The Bertz CT molecular complexity index is 848. The lowest BCUT2D eigenvalue weighted by Crippen LogP contribution is -2.23. The third-order valence-corrected chi connectivity index (χ3v) is 3.51. The number of aromatic nitrogens is 4. The molecule has 0 aromatic carbocycles. The van der Waals surface area contributed by atoms with Crippen molar-refractivity contribution in [2.45, 2.75) is 39.5 Å². The van der Waals surface area contributed by atoms with Gasteiger partial charge in [-0.25, -0.2) is 0 Å². The van der Waals surface area contributed by atoms with Gasteiger partial charge in [-0.15, -0.1) is 0 Å². The summed E-state index contributed by atoms with van der Waals surface area (Å²) < 4.78 is 10.8. The van der Waals surface area contributed by atoms with Crippen LogP contribution in [0.3, 0.4) is 0 Å². The highest BCUT2D eigenvalue weighted by Crippen LogP contribution is 2.16. The van der Waals surface area contributed by atoms with Crippen molar-refractivity contribution in [1.29, 1.82) is 0 Å². The van der Waals surface area contributed by atoms with Crippen molar-refractivity contribution in [2.24, 2.45) is 0 Å². The molecule has 0 radical (unpaired) electrons. The van der Waals surface area contributed by atoms with Gasteiger partial charge in [0.2, 0.25) is 0 Å². The van der Waals surface area contributed by atoms with Gasteiger partial charge in [-0.2, -0.15) is 5.10 Å². The van der Waals surface area contributed by atoms with Gasteiger partial charge in [0, 0.05) is 29.6 Å². The average Bonchev–Trinajstić information content (AvgIpc) is 3.29. The number of H-pyrrole nitrogens is 1. The molecule has 0 fully saturated rings. The maximum absolute atomic E-state index is 12.2. The lowest BCUT2D eigenvalue weighted by Gasteiger charge is -2.17. The number of hydrogen-bond acceptors (Lipinski definition) is 6. The summed E-state index contributed by atoms with van der Waals surface area (Å²) >= 11 is 0. The van der Waals surface area contributed by atoms with Crippen LogP contribution in [-0.2, 0) is 17.9 Å². The highest BCUT2D eigenvalue weighted by Gasteiger charge is 2.13. The molecule has 0 aliphatic rings. The first kappa shape index (κ1) is 17.8. The van der Waals surface area contributed by atoms with Gasteiger partial charge in [0.1, 0.15) is 18.0 Å². The van der Waals surface area contributed by atoms with Gasteiger partial charge in [0.15, 0.2) is 5.76 Å². The zero-order chi connectivity index (χ0) is 18.6. The van der Waals surface area contributed by atoms with Crippen LogP contribution in [0.25, 0.3) is 11.1 Å². The van der Waals surface area contributed by atoms with Crippen molar-refractivity contribution in [2.75, 3.05) is 0 Å². The molecule has 8 nitrogen and oxygen atoms in total. The first-order valence-corrected chi connectivity index (χ1v) is 8.22. The third-order valence-electron chi connectivity index (χ3n) is 3.51. The van der Waals surface area contributed by atoms with Crippen molar-refractivity contribution < 1.29 is 14.1 Å². The minimum absolute atomic E-state index is 0.253. The van der Waals surface area contributed by atoms with Crippen LogP contribution in [0, 0.1) is 0 Å². The molecule has 0 aliphatic heterocycles. The molecule has 3 aromatic rings. The van der Waals surface area contributed by atoms with Crippen molar-refractivity contribution in [1.82, 2.24) is 25.7 Å². The van der Waals surface area contributed by atoms with E-state index in [4.69, 9.17) is 9.26 Å². The molecule has 0 saturated carbocycles. The van der Waals surface area contributed by atoms with Gasteiger partial charge in [0.05, 0.1) is 18.3 Å². The Labute approximate surface area is 151 Å². The molecule has 0 aliphatic carbocycles. The normalized spacial score (nSPS) is 11.5. The number of nitrogens with one attached hydrogen (secondary N) is 2. The summed E-state index contributed by atoms with van der Waals surface area (Å²) in [6.07, 6.45) is 5.10. The van der Waals surface area contributed by atoms with E-state index in [1.54, 1.807) is 30.7 Å². The van der Waals surface area contributed by atoms with E-state index in [1.807, 2.05) is 26.8 Å².